The second-order valence-electron chi connectivity index (χ2n) is 9.55. The molecule has 1 aromatic carbocycles. The van der Waals surface area contributed by atoms with Gasteiger partial charge in [0.1, 0.15) is 22.8 Å². The first-order valence-corrected chi connectivity index (χ1v) is 11.9. The maximum absolute atomic E-state index is 14.6. The molecule has 3 atom stereocenters. The molecule has 178 valence electrons. The van der Waals surface area contributed by atoms with Gasteiger partial charge in [0.25, 0.3) is 5.91 Å². The summed E-state index contributed by atoms with van der Waals surface area (Å²) in [6, 6.07) is 3.68. The van der Waals surface area contributed by atoms with E-state index in [9.17, 15) is 23.9 Å². The first-order chi connectivity index (χ1) is 15.5. The SMILES string of the molecule is CC1(O/N=C(\C(=O)N[C@H]2C(=O)N3[C@@H]2SC(C)(C)[C@@H]3C(=O)[O-])c2ccccc2F)CCCCC1.[Na+]. The van der Waals surface area contributed by atoms with Crippen LogP contribution in [0.15, 0.2) is 29.4 Å². The van der Waals surface area contributed by atoms with Crippen molar-refractivity contribution in [2.75, 3.05) is 0 Å². The first-order valence-electron chi connectivity index (χ1n) is 11.1. The van der Waals surface area contributed by atoms with E-state index in [0.717, 1.165) is 32.1 Å². The molecule has 3 aliphatic rings. The van der Waals surface area contributed by atoms with Crippen molar-refractivity contribution in [2.24, 2.45) is 5.16 Å². The summed E-state index contributed by atoms with van der Waals surface area (Å²) in [5.74, 6) is -3.25. The Bertz CT molecular complexity index is 1010. The number of hydrogen-bond acceptors (Lipinski definition) is 7. The van der Waals surface area contributed by atoms with Gasteiger partial charge in [-0.25, -0.2) is 4.39 Å². The normalized spacial score (nSPS) is 27.2. The largest absolute Gasteiger partial charge is 1.00 e. The molecule has 2 heterocycles. The second-order valence-corrected chi connectivity index (χ2v) is 11.3. The average Bonchev–Trinajstić information content (AvgIpc) is 3.02. The summed E-state index contributed by atoms with van der Waals surface area (Å²) in [5.41, 5.74) is -0.847. The van der Waals surface area contributed by atoms with E-state index in [-0.39, 0.29) is 40.8 Å². The van der Waals surface area contributed by atoms with E-state index >= 15 is 0 Å². The van der Waals surface area contributed by atoms with E-state index < -0.39 is 51.4 Å². The zero-order valence-corrected chi connectivity index (χ0v) is 22.6. The molecule has 8 nitrogen and oxygen atoms in total. The van der Waals surface area contributed by atoms with Crippen molar-refractivity contribution >= 4 is 35.3 Å². The van der Waals surface area contributed by atoms with Gasteiger partial charge in [-0.2, -0.15) is 0 Å². The first kappa shape index (κ1) is 27.0. The second kappa shape index (κ2) is 10.2. The Morgan fingerprint density at radius 3 is 2.47 bits per heavy atom. The maximum Gasteiger partial charge on any atom is 1.00 e. The number of oxime groups is 1. The number of amides is 2. The molecule has 34 heavy (non-hydrogen) atoms. The fraction of sp³-hybridized carbons (Fsp3) is 0.565. The van der Waals surface area contributed by atoms with Gasteiger partial charge in [-0.1, -0.05) is 23.7 Å². The van der Waals surface area contributed by atoms with E-state index in [1.54, 1.807) is 19.9 Å². The van der Waals surface area contributed by atoms with Crippen molar-refractivity contribution in [3.05, 3.63) is 35.6 Å². The van der Waals surface area contributed by atoms with E-state index in [1.807, 2.05) is 6.92 Å². The van der Waals surface area contributed by atoms with Gasteiger partial charge in [0.2, 0.25) is 5.91 Å². The number of thioether (sulfide) groups is 1. The number of hydrogen-bond donors (Lipinski definition) is 1. The van der Waals surface area contributed by atoms with E-state index in [1.165, 1.54) is 34.9 Å². The Hall–Kier alpha value is -1.62. The van der Waals surface area contributed by atoms with Crippen molar-refractivity contribution in [3.63, 3.8) is 0 Å². The number of benzene rings is 1. The predicted octanol–water partition coefficient (Wildman–Crippen LogP) is -1.43. The number of carboxylic acid groups (broad SMARTS) is 1. The summed E-state index contributed by atoms with van der Waals surface area (Å²) in [7, 11) is 0. The van der Waals surface area contributed by atoms with Gasteiger partial charge in [-0.3, -0.25) is 9.59 Å². The number of carbonyl (C=O) groups excluding carboxylic acids is 3. The summed E-state index contributed by atoms with van der Waals surface area (Å²) < 4.78 is 13.8. The van der Waals surface area contributed by atoms with Crippen LogP contribution in [0.1, 0.15) is 58.4 Å². The molecule has 3 fully saturated rings. The Kier molecular flexibility index (Phi) is 8.06. The van der Waals surface area contributed by atoms with E-state index in [0.29, 0.717) is 0 Å². The Morgan fingerprint density at radius 2 is 1.85 bits per heavy atom. The summed E-state index contributed by atoms with van der Waals surface area (Å²) in [4.78, 5) is 44.5. The number of nitrogens with one attached hydrogen (secondary N) is 1. The van der Waals surface area contributed by atoms with Crippen molar-refractivity contribution in [1.29, 1.82) is 0 Å². The molecule has 2 saturated heterocycles. The number of rotatable bonds is 6. The number of carbonyl (C=O) groups is 3. The molecule has 2 amide bonds. The molecule has 0 spiro atoms. The molecule has 11 heteroatoms. The summed E-state index contributed by atoms with van der Waals surface area (Å²) in [6.45, 7) is 5.35. The quantitative estimate of drug-likeness (QED) is 0.222. The topological polar surface area (TPSA) is 111 Å². The van der Waals surface area contributed by atoms with Gasteiger partial charge in [0.15, 0.2) is 5.71 Å². The van der Waals surface area contributed by atoms with Crippen LogP contribution in [-0.4, -0.2) is 56.2 Å². The molecular weight excluding hydrogens is 472 g/mol. The van der Waals surface area contributed by atoms with Crippen LogP contribution in [0.4, 0.5) is 4.39 Å². The monoisotopic (exact) mass is 499 g/mol. The van der Waals surface area contributed by atoms with Gasteiger partial charge in [-0.05, 0) is 58.6 Å². The molecule has 1 aliphatic carbocycles. The molecule has 1 saturated carbocycles. The van der Waals surface area contributed by atoms with Gasteiger partial charge in [-0.15, -0.1) is 11.8 Å². The van der Waals surface area contributed by atoms with Gasteiger partial charge >= 0.3 is 29.6 Å². The Balaban J connectivity index is 0.00000324. The van der Waals surface area contributed by atoms with Gasteiger partial charge in [0.05, 0.1) is 12.0 Å². The van der Waals surface area contributed by atoms with Crippen LogP contribution >= 0.6 is 11.8 Å². The Morgan fingerprint density at radius 1 is 1.21 bits per heavy atom. The summed E-state index contributed by atoms with van der Waals surface area (Å²) >= 11 is 1.28. The summed E-state index contributed by atoms with van der Waals surface area (Å²) in [6.07, 6.45) is 4.61. The average molecular weight is 500 g/mol. The van der Waals surface area contributed by atoms with Crippen molar-refractivity contribution in [1.82, 2.24) is 10.2 Å². The van der Waals surface area contributed by atoms with Crippen molar-refractivity contribution < 1.29 is 58.3 Å². The van der Waals surface area contributed by atoms with Crippen LogP contribution in [-0.2, 0) is 19.2 Å². The molecule has 0 bridgehead atoms. The fourth-order valence-corrected chi connectivity index (χ4v) is 6.37. The van der Waals surface area contributed by atoms with Crippen molar-refractivity contribution in [2.45, 2.75) is 80.7 Å². The fourth-order valence-electron chi connectivity index (χ4n) is 4.75. The minimum atomic E-state index is -1.34. The third-order valence-electron chi connectivity index (χ3n) is 6.56. The molecule has 0 unspecified atom stereocenters. The van der Waals surface area contributed by atoms with Crippen LogP contribution in [0.5, 0.6) is 0 Å². The zero-order chi connectivity index (χ0) is 24.0. The number of aliphatic carboxylic acids is 1. The number of halogens is 1. The van der Waals surface area contributed by atoms with Crippen LogP contribution in [0.25, 0.3) is 0 Å². The smallest absolute Gasteiger partial charge is 0.548 e. The van der Waals surface area contributed by atoms with Crippen LogP contribution in [0, 0.1) is 5.82 Å². The molecule has 0 aromatic heterocycles. The van der Waals surface area contributed by atoms with Gasteiger partial charge < -0.3 is 25.0 Å². The third-order valence-corrected chi connectivity index (χ3v) is 8.14. The number of β-lactam (4-membered cyclic amide) rings is 1. The zero-order valence-electron chi connectivity index (χ0n) is 19.8. The molecular formula is C23H27FN3NaO5S. The minimum absolute atomic E-state index is 0. The predicted molar refractivity (Wildman–Crippen MR) is 119 cm³/mol. The molecule has 4 rings (SSSR count). The van der Waals surface area contributed by atoms with Crippen LogP contribution in [0.3, 0.4) is 0 Å². The van der Waals surface area contributed by atoms with Crippen LogP contribution < -0.4 is 40.0 Å². The maximum atomic E-state index is 14.6. The van der Waals surface area contributed by atoms with Crippen molar-refractivity contribution in [3.8, 4) is 0 Å². The van der Waals surface area contributed by atoms with E-state index in [2.05, 4.69) is 10.5 Å². The molecule has 1 N–H and O–H groups in total. The number of fused-ring (bicyclic) bond motifs is 1. The molecule has 1 aromatic rings. The standard InChI is InChI=1S/C23H28FN3O5S.Na/c1-22(2)17(21(30)31)27-19(29)16(20(27)33-22)25-18(28)15(13-9-5-6-10-14(13)24)26-32-23(3)11-7-4-8-12-23;/h5-6,9-10,16-17,20H,4,7-8,11-12H2,1-3H3,(H,25,28)(H,30,31);/q;+1/p-1/b26-15-;/t16-,17-,20+;/m0./s1. The number of nitrogens with zero attached hydrogens (tertiary/aromatic N) is 2. The third kappa shape index (κ3) is 5.01. The number of carboxylic acids is 1. The van der Waals surface area contributed by atoms with E-state index in [4.69, 9.17) is 4.84 Å². The minimum Gasteiger partial charge on any atom is -0.548 e. The molecule has 2 aliphatic heterocycles. The molecule has 0 radical (unpaired) electrons. The van der Waals surface area contributed by atoms with Crippen LogP contribution in [0.2, 0.25) is 0 Å². The Labute approximate surface area is 224 Å². The van der Waals surface area contributed by atoms with Gasteiger partial charge in [0, 0.05) is 10.3 Å². The summed E-state index contributed by atoms with van der Waals surface area (Å²) in [5, 5.41) is 17.7.